The molecule has 0 radical (unpaired) electrons. The fourth-order valence-corrected chi connectivity index (χ4v) is 10.7. The Hall–Kier alpha value is -4.08. The minimum absolute atomic E-state index is 0.0220. The molecule has 0 amide bonds. The van der Waals surface area contributed by atoms with Gasteiger partial charge in [0.25, 0.3) is 0 Å². The minimum Gasteiger partial charge on any atom is -0.507 e. The van der Waals surface area contributed by atoms with Crippen molar-refractivity contribution >= 4 is 24.3 Å². The van der Waals surface area contributed by atoms with Gasteiger partial charge in [0, 0.05) is 49.2 Å². The average molecular weight is 851 g/mol. The second-order valence-corrected chi connectivity index (χ2v) is 21.0. The lowest BCUT2D eigenvalue weighted by Crippen LogP contribution is -2.56. The number of benzene rings is 2. The number of nitrogens with zero attached hydrogens (tertiary/aromatic N) is 8. The van der Waals surface area contributed by atoms with Crippen LogP contribution in [0.1, 0.15) is 153 Å². The minimum atomic E-state index is -0.0581. The van der Waals surface area contributed by atoms with Gasteiger partial charge >= 0.3 is 11.9 Å². The zero-order chi connectivity index (χ0) is 44.0. The van der Waals surface area contributed by atoms with E-state index in [9.17, 15) is 10.2 Å². The first kappa shape index (κ1) is 45.9. The van der Waals surface area contributed by atoms with Crippen molar-refractivity contribution < 1.29 is 19.4 Å². The van der Waals surface area contributed by atoms with Crippen LogP contribution in [0.5, 0.6) is 11.5 Å². The lowest BCUT2D eigenvalue weighted by Gasteiger charge is -2.36. The van der Waals surface area contributed by atoms with Crippen LogP contribution in [0.2, 0.25) is 0 Å². The number of aromatic hydroxyl groups is 2. The number of phenols is 2. The molecule has 2 aromatic carbocycles. The second-order valence-electron chi connectivity index (χ2n) is 21.0. The zero-order valence-corrected chi connectivity index (χ0v) is 40.1. The summed E-state index contributed by atoms with van der Waals surface area (Å²) in [6.45, 7) is 31.3. The summed E-state index contributed by atoms with van der Waals surface area (Å²) in [5.74, 6) is 3.59. The first-order chi connectivity index (χ1) is 29.7. The van der Waals surface area contributed by atoms with Crippen molar-refractivity contribution in [3.8, 4) is 11.5 Å². The van der Waals surface area contributed by atoms with Gasteiger partial charge in [0.15, 0.2) is 0 Å². The molecule has 2 N–H and O–H groups in total. The molecule has 340 valence electrons. The number of guanidine groups is 2. The molecule has 2 unspecified atom stereocenters. The molecule has 4 heterocycles. The fourth-order valence-electron chi connectivity index (χ4n) is 10.7. The molecule has 2 atom stereocenters. The third-order valence-corrected chi connectivity index (χ3v) is 14.3. The van der Waals surface area contributed by atoms with Crippen molar-refractivity contribution in [2.24, 2.45) is 9.98 Å². The van der Waals surface area contributed by atoms with Crippen LogP contribution >= 0.6 is 0 Å². The van der Waals surface area contributed by atoms with Crippen molar-refractivity contribution in [2.75, 3.05) is 78.5 Å². The van der Waals surface area contributed by atoms with E-state index in [1.54, 1.807) is 0 Å². The molecule has 2 aromatic rings. The second kappa shape index (κ2) is 20.2. The van der Waals surface area contributed by atoms with E-state index in [1.807, 2.05) is 12.4 Å². The molecule has 0 spiro atoms. The zero-order valence-electron chi connectivity index (χ0n) is 40.1. The summed E-state index contributed by atoms with van der Waals surface area (Å²) < 4.78 is 5.18. The van der Waals surface area contributed by atoms with E-state index in [-0.39, 0.29) is 22.9 Å². The summed E-state index contributed by atoms with van der Waals surface area (Å²) in [5, 5.41) is 23.6. The van der Waals surface area contributed by atoms with Crippen LogP contribution in [0.4, 0.5) is 0 Å². The van der Waals surface area contributed by atoms with Crippen molar-refractivity contribution in [2.45, 2.75) is 155 Å². The lowest BCUT2D eigenvalue weighted by atomic mass is 9.84. The highest BCUT2D eigenvalue weighted by Crippen LogP contribution is 2.34. The van der Waals surface area contributed by atoms with Crippen molar-refractivity contribution in [1.29, 1.82) is 0 Å². The van der Waals surface area contributed by atoms with Crippen LogP contribution in [-0.4, -0.2) is 154 Å². The highest BCUT2D eigenvalue weighted by atomic mass is 16.3. The number of aliphatic imine (C=N–C) groups is 2. The molecule has 4 aliphatic heterocycles. The highest BCUT2D eigenvalue weighted by molar-refractivity contribution is 5.86. The highest BCUT2D eigenvalue weighted by Gasteiger charge is 2.36. The molecule has 7 rings (SSSR count). The molecule has 1 fully saturated rings. The van der Waals surface area contributed by atoms with E-state index < -0.39 is 0 Å². The average Bonchev–Trinajstić information content (AvgIpc) is 3.25. The third-order valence-electron chi connectivity index (χ3n) is 14.3. The van der Waals surface area contributed by atoms with Crippen molar-refractivity contribution in [1.82, 2.24) is 19.6 Å². The summed E-state index contributed by atoms with van der Waals surface area (Å²) >= 11 is 0. The topological polar surface area (TPSA) is 84.2 Å². The van der Waals surface area contributed by atoms with Gasteiger partial charge in [-0.05, 0) is 97.6 Å². The maximum Gasteiger partial charge on any atom is 0.350 e. The van der Waals surface area contributed by atoms with Gasteiger partial charge in [0.05, 0.1) is 90.6 Å². The van der Waals surface area contributed by atoms with E-state index in [0.29, 0.717) is 11.5 Å². The first-order valence-corrected chi connectivity index (χ1v) is 24.8. The molecule has 10 nitrogen and oxygen atoms in total. The van der Waals surface area contributed by atoms with Crippen LogP contribution in [-0.2, 0) is 23.7 Å². The predicted octanol–water partition coefficient (Wildman–Crippen LogP) is 8.01. The standard InChI is InChI=1S/C52H80N8O2/c1-9-55-25-15-27-59-31-17-29-57(49(55)59)23-13-19-39-33-43(51(3,4)5)35-41(47(39)61)37-53-45-21-11-12-22-46(45)54-38-42-36-44(52(6,7)8)34-40(48(42)62)20-14-24-58-30-18-32-60-28-16-26-56(10-2)50(58)60/h33-38,45-46H,9-32H2,1-8H3/p+2. The largest absolute Gasteiger partial charge is 0.507 e. The molecule has 0 bridgehead atoms. The van der Waals surface area contributed by atoms with Crippen LogP contribution in [0.15, 0.2) is 34.3 Å². The number of phenolic OH excluding ortho intramolecular Hbond substituents is 2. The van der Waals surface area contributed by atoms with Gasteiger partial charge in [0.2, 0.25) is 0 Å². The number of hydrogen-bond acceptors (Lipinski definition) is 8. The molecule has 10 heteroatoms. The summed E-state index contributed by atoms with van der Waals surface area (Å²) in [5.41, 5.74) is 6.00. The van der Waals surface area contributed by atoms with Crippen molar-refractivity contribution in [3.63, 3.8) is 0 Å². The van der Waals surface area contributed by atoms with Gasteiger partial charge in [-0.25, -0.2) is 0 Å². The molecule has 0 saturated heterocycles. The monoisotopic (exact) mass is 851 g/mol. The van der Waals surface area contributed by atoms with E-state index in [0.717, 1.165) is 152 Å². The van der Waals surface area contributed by atoms with Gasteiger partial charge in [-0.15, -0.1) is 0 Å². The Morgan fingerprint density at radius 3 is 1.29 bits per heavy atom. The fraction of sp³-hybridized carbons (Fsp3) is 0.692. The normalized spacial score (nSPS) is 21.7. The molecular formula is C52H82N8O2+2. The molecule has 62 heavy (non-hydrogen) atoms. The Kier molecular flexibility index (Phi) is 14.9. The van der Waals surface area contributed by atoms with Gasteiger partial charge < -0.3 is 10.2 Å². The molecule has 5 aliphatic rings. The third kappa shape index (κ3) is 10.8. The molecular weight excluding hydrogens is 769 g/mol. The molecule has 0 aromatic heterocycles. The van der Waals surface area contributed by atoms with E-state index in [1.165, 1.54) is 48.7 Å². The van der Waals surface area contributed by atoms with Crippen LogP contribution in [0.3, 0.4) is 0 Å². The van der Waals surface area contributed by atoms with Gasteiger partial charge in [-0.2, -0.15) is 0 Å². The van der Waals surface area contributed by atoms with E-state index in [4.69, 9.17) is 9.98 Å². The Labute approximate surface area is 375 Å². The lowest BCUT2D eigenvalue weighted by molar-refractivity contribution is -0.550. The predicted molar refractivity (Wildman–Crippen MR) is 258 cm³/mol. The number of aryl methyl sites for hydroxylation is 2. The van der Waals surface area contributed by atoms with Gasteiger partial charge in [-0.1, -0.05) is 66.5 Å². The van der Waals surface area contributed by atoms with E-state index in [2.05, 4.69) is 108 Å². The van der Waals surface area contributed by atoms with Crippen LogP contribution in [0.25, 0.3) is 0 Å². The summed E-state index contributed by atoms with van der Waals surface area (Å²) in [7, 11) is 0. The Morgan fingerprint density at radius 2 is 0.935 bits per heavy atom. The van der Waals surface area contributed by atoms with Gasteiger partial charge in [-0.3, -0.25) is 38.7 Å². The van der Waals surface area contributed by atoms with Gasteiger partial charge in [0.1, 0.15) is 11.5 Å². The Morgan fingerprint density at radius 1 is 0.565 bits per heavy atom. The van der Waals surface area contributed by atoms with E-state index >= 15 is 0 Å². The van der Waals surface area contributed by atoms with Crippen molar-refractivity contribution in [3.05, 3.63) is 57.6 Å². The number of rotatable bonds is 14. The smallest absolute Gasteiger partial charge is 0.350 e. The van der Waals surface area contributed by atoms with Crippen LogP contribution < -0.4 is 0 Å². The Balaban J connectivity index is 1.06. The summed E-state index contributed by atoms with van der Waals surface area (Å²) in [6.07, 6.45) is 16.6. The first-order valence-electron chi connectivity index (χ1n) is 24.8. The summed E-state index contributed by atoms with van der Waals surface area (Å²) in [4.78, 5) is 20.7. The Bertz CT molecular complexity index is 1840. The maximum absolute atomic E-state index is 11.8. The maximum atomic E-state index is 11.8. The quantitative estimate of drug-likeness (QED) is 0.148. The number of hydrogen-bond donors (Lipinski definition) is 2. The SMILES string of the molecule is CCN1CCC[N+]2=C1N(CCCc1cc(C(C)(C)C)cc(C=NC3CCCCC3N=Cc3cc(C(C)(C)C)cc(CCCN4CCC[N+]5=C4N(CC)CCC5)c3O)c1O)CCC2. The van der Waals surface area contributed by atoms with Crippen LogP contribution in [0, 0.1) is 0 Å². The molecule has 1 aliphatic carbocycles. The summed E-state index contributed by atoms with van der Waals surface area (Å²) in [6, 6.07) is 8.81. The molecule has 1 saturated carbocycles.